The molecule has 6 nitrogen and oxygen atoms in total. The lowest BCUT2D eigenvalue weighted by Gasteiger charge is -2.26. The summed E-state index contributed by atoms with van der Waals surface area (Å²) in [6.07, 6.45) is 0. The third kappa shape index (κ3) is 3.25. The SMILES string of the molecule is N#Cc1ccc(N(c2ccc(C(=O)O)cc2)S(=O)[O-])cc1. The molecule has 2 aromatic rings. The van der Waals surface area contributed by atoms with E-state index < -0.39 is 17.2 Å². The van der Waals surface area contributed by atoms with Crippen LogP contribution < -0.4 is 4.31 Å². The molecular formula is C14H9N2O4S-. The zero-order chi connectivity index (χ0) is 15.4. The molecule has 7 heteroatoms. The van der Waals surface area contributed by atoms with Crippen LogP contribution in [0.15, 0.2) is 48.5 Å². The molecule has 2 rings (SSSR count). The van der Waals surface area contributed by atoms with E-state index in [1.54, 1.807) is 0 Å². The molecule has 106 valence electrons. The van der Waals surface area contributed by atoms with Gasteiger partial charge in [-0.25, -0.2) is 4.79 Å². The normalized spacial score (nSPS) is 11.4. The number of rotatable bonds is 4. The number of nitrogens with zero attached hydrogens (tertiary/aromatic N) is 2. The maximum absolute atomic E-state index is 11.4. The van der Waals surface area contributed by atoms with Crippen LogP contribution in [0.2, 0.25) is 0 Å². The first-order valence-corrected chi connectivity index (χ1v) is 6.79. The van der Waals surface area contributed by atoms with Gasteiger partial charge in [0, 0.05) is 0 Å². The van der Waals surface area contributed by atoms with Gasteiger partial charge in [-0.05, 0) is 48.5 Å². The van der Waals surface area contributed by atoms with Gasteiger partial charge in [-0.3, -0.25) is 8.51 Å². The number of benzene rings is 2. The van der Waals surface area contributed by atoms with Crippen molar-refractivity contribution in [3.63, 3.8) is 0 Å². The number of anilines is 2. The average Bonchev–Trinajstić information content (AvgIpc) is 2.48. The Morgan fingerprint density at radius 3 is 1.95 bits per heavy atom. The Labute approximate surface area is 123 Å². The average molecular weight is 301 g/mol. The van der Waals surface area contributed by atoms with Crippen LogP contribution in [0.3, 0.4) is 0 Å². The van der Waals surface area contributed by atoms with Crippen LogP contribution in [-0.2, 0) is 11.3 Å². The standard InChI is InChI=1S/C14H10N2O4S/c15-9-10-1-5-12(6-2-10)16(21(19)20)13-7-3-11(4-8-13)14(17)18/h1-8H,(H,17,18)(H,19,20)/p-1. The van der Waals surface area contributed by atoms with Crippen molar-refractivity contribution in [2.45, 2.75) is 0 Å². The molecule has 0 aliphatic rings. The number of carboxylic acid groups (broad SMARTS) is 1. The Balaban J connectivity index is 2.41. The van der Waals surface area contributed by atoms with E-state index in [9.17, 15) is 13.6 Å². The quantitative estimate of drug-likeness (QED) is 0.871. The van der Waals surface area contributed by atoms with Crippen molar-refractivity contribution in [3.05, 3.63) is 59.7 Å². The number of carboxylic acids is 1. The first-order valence-electron chi connectivity index (χ1n) is 5.76. The molecule has 0 spiro atoms. The van der Waals surface area contributed by atoms with Crippen LogP contribution in [0.1, 0.15) is 15.9 Å². The summed E-state index contributed by atoms with van der Waals surface area (Å²) in [5, 5.41) is 17.6. The highest BCUT2D eigenvalue weighted by molar-refractivity contribution is 7.81. The maximum atomic E-state index is 11.4. The summed E-state index contributed by atoms with van der Waals surface area (Å²) in [5.41, 5.74) is 1.13. The molecule has 2 aromatic carbocycles. The van der Waals surface area contributed by atoms with Crippen LogP contribution in [0.4, 0.5) is 11.4 Å². The van der Waals surface area contributed by atoms with Crippen LogP contribution in [0, 0.1) is 11.3 Å². The Bertz CT molecular complexity index is 720. The van der Waals surface area contributed by atoms with Gasteiger partial charge in [0.05, 0.1) is 39.8 Å². The van der Waals surface area contributed by atoms with E-state index in [1.807, 2.05) is 6.07 Å². The van der Waals surface area contributed by atoms with Crippen molar-refractivity contribution in [1.29, 1.82) is 5.26 Å². The Morgan fingerprint density at radius 2 is 1.57 bits per heavy atom. The van der Waals surface area contributed by atoms with Gasteiger partial charge in [0.2, 0.25) is 0 Å². The first-order chi connectivity index (χ1) is 10.0. The summed E-state index contributed by atoms with van der Waals surface area (Å²) in [5.74, 6) is -1.09. The van der Waals surface area contributed by atoms with E-state index in [2.05, 4.69) is 0 Å². The second kappa shape index (κ2) is 6.17. The summed E-state index contributed by atoms with van der Waals surface area (Å²) < 4.78 is 23.8. The number of aromatic carboxylic acids is 1. The van der Waals surface area contributed by atoms with E-state index in [1.165, 1.54) is 48.5 Å². The lowest BCUT2D eigenvalue weighted by molar-refractivity contribution is 0.0697. The van der Waals surface area contributed by atoms with Crippen LogP contribution in [0.25, 0.3) is 0 Å². The molecule has 0 saturated carbocycles. The van der Waals surface area contributed by atoms with Crippen molar-refractivity contribution in [3.8, 4) is 6.07 Å². The maximum Gasteiger partial charge on any atom is 0.335 e. The Hall–Kier alpha value is -2.69. The summed E-state index contributed by atoms with van der Waals surface area (Å²) in [4.78, 5) is 10.8. The third-order valence-corrected chi connectivity index (χ3v) is 3.45. The largest absolute Gasteiger partial charge is 0.755 e. The summed E-state index contributed by atoms with van der Waals surface area (Å²) in [7, 11) is 0. The smallest absolute Gasteiger partial charge is 0.335 e. The van der Waals surface area contributed by atoms with Gasteiger partial charge in [0.15, 0.2) is 0 Å². The predicted octanol–water partition coefficient (Wildman–Crippen LogP) is 2.19. The fourth-order valence-corrected chi connectivity index (χ4v) is 2.32. The second-order valence-electron chi connectivity index (χ2n) is 4.02. The zero-order valence-electron chi connectivity index (χ0n) is 10.6. The predicted molar refractivity (Wildman–Crippen MR) is 75.6 cm³/mol. The fourth-order valence-electron chi connectivity index (χ4n) is 1.73. The van der Waals surface area contributed by atoms with Gasteiger partial charge >= 0.3 is 5.97 Å². The highest BCUT2D eigenvalue weighted by Gasteiger charge is 2.11. The summed E-state index contributed by atoms with van der Waals surface area (Å²) >= 11 is -2.58. The van der Waals surface area contributed by atoms with Crippen molar-refractivity contribution in [2.24, 2.45) is 0 Å². The molecule has 0 amide bonds. The molecule has 0 radical (unpaired) electrons. The Morgan fingerprint density at radius 1 is 1.10 bits per heavy atom. The van der Waals surface area contributed by atoms with Crippen molar-refractivity contribution >= 4 is 28.6 Å². The minimum atomic E-state index is -2.58. The fraction of sp³-hybridized carbons (Fsp3) is 0. The molecule has 0 aliphatic carbocycles. The van der Waals surface area contributed by atoms with E-state index >= 15 is 0 Å². The highest BCUT2D eigenvalue weighted by atomic mass is 32.2. The zero-order valence-corrected chi connectivity index (χ0v) is 11.4. The van der Waals surface area contributed by atoms with Crippen molar-refractivity contribution in [2.75, 3.05) is 4.31 Å². The lowest BCUT2D eigenvalue weighted by atomic mass is 10.2. The Kier molecular flexibility index (Phi) is 4.33. The number of nitriles is 1. The van der Waals surface area contributed by atoms with Gasteiger partial charge in [-0.1, -0.05) is 0 Å². The molecule has 0 saturated heterocycles. The first kappa shape index (κ1) is 14.7. The molecule has 0 aromatic heterocycles. The van der Waals surface area contributed by atoms with Crippen LogP contribution in [0.5, 0.6) is 0 Å². The minimum Gasteiger partial charge on any atom is -0.755 e. The van der Waals surface area contributed by atoms with Crippen LogP contribution in [-0.4, -0.2) is 19.8 Å². The molecule has 0 fully saturated rings. The van der Waals surface area contributed by atoms with E-state index in [-0.39, 0.29) is 5.56 Å². The van der Waals surface area contributed by atoms with Crippen molar-refractivity contribution < 1.29 is 18.7 Å². The lowest BCUT2D eigenvalue weighted by Crippen LogP contribution is -2.19. The summed E-state index contributed by atoms with van der Waals surface area (Å²) in [6.45, 7) is 0. The molecule has 1 N–H and O–H groups in total. The molecule has 1 unspecified atom stereocenters. The molecule has 1 atom stereocenters. The third-order valence-electron chi connectivity index (χ3n) is 2.73. The molecule has 0 bridgehead atoms. The molecule has 0 aliphatic heterocycles. The molecule has 21 heavy (non-hydrogen) atoms. The number of carbonyl (C=O) groups is 1. The van der Waals surface area contributed by atoms with Gasteiger partial charge in [-0.2, -0.15) is 5.26 Å². The topological polar surface area (TPSA) is 104 Å². The highest BCUT2D eigenvalue weighted by Crippen LogP contribution is 2.27. The van der Waals surface area contributed by atoms with Gasteiger partial charge in [0.25, 0.3) is 0 Å². The van der Waals surface area contributed by atoms with Gasteiger partial charge in [0.1, 0.15) is 0 Å². The minimum absolute atomic E-state index is 0.0650. The van der Waals surface area contributed by atoms with E-state index in [0.29, 0.717) is 16.9 Å². The van der Waals surface area contributed by atoms with Crippen molar-refractivity contribution in [1.82, 2.24) is 0 Å². The van der Waals surface area contributed by atoms with Gasteiger partial charge < -0.3 is 9.66 Å². The number of hydrogen-bond donors (Lipinski definition) is 1. The van der Waals surface area contributed by atoms with Gasteiger partial charge in [-0.15, -0.1) is 0 Å². The monoisotopic (exact) mass is 301 g/mol. The summed E-state index contributed by atoms with van der Waals surface area (Å²) in [6, 6.07) is 13.4. The number of hydrogen-bond acceptors (Lipinski definition) is 4. The second-order valence-corrected chi connectivity index (χ2v) is 4.82. The van der Waals surface area contributed by atoms with E-state index in [4.69, 9.17) is 10.4 Å². The molecule has 0 heterocycles. The molecular weight excluding hydrogens is 292 g/mol. The van der Waals surface area contributed by atoms with Crippen LogP contribution >= 0.6 is 0 Å². The van der Waals surface area contributed by atoms with E-state index in [0.717, 1.165) is 4.31 Å².